The molecule has 0 fully saturated rings. The molecule has 0 saturated heterocycles. The van der Waals surface area contributed by atoms with E-state index in [1.807, 2.05) is 0 Å². The largest absolute Gasteiger partial charge is 0.453 e. The monoisotopic (exact) mass is 450 g/mol. The fourth-order valence-corrected chi connectivity index (χ4v) is 4.88. The highest BCUT2D eigenvalue weighted by atomic mass is 32.1. The zero-order valence-corrected chi connectivity index (χ0v) is 18.0. The standard InChI is InChI=1S/C20H21F3N6OS/c1-4-9-28(19-25-14-7-5-6-8-15(14)31-19)16(30)10-13-11(2)24-18-26-17(20(21,22)23)27-29(18)12(13)3/h4H,1,5-10H2,2-3H3. The quantitative estimate of drug-likeness (QED) is 0.552. The van der Waals surface area contributed by atoms with Crippen molar-refractivity contribution in [3.8, 4) is 0 Å². The fraction of sp³-hybridized carbons (Fsp3) is 0.450. The van der Waals surface area contributed by atoms with E-state index >= 15 is 0 Å². The number of halogens is 3. The number of rotatable bonds is 5. The predicted molar refractivity (Wildman–Crippen MR) is 110 cm³/mol. The van der Waals surface area contributed by atoms with E-state index in [-0.39, 0.29) is 18.1 Å². The molecule has 0 N–H and O–H groups in total. The first-order chi connectivity index (χ1) is 14.7. The number of fused-ring (bicyclic) bond motifs is 2. The fourth-order valence-electron chi connectivity index (χ4n) is 3.70. The van der Waals surface area contributed by atoms with Gasteiger partial charge in [0, 0.05) is 28.4 Å². The minimum Gasteiger partial charge on any atom is -0.284 e. The number of hydrogen-bond donors (Lipinski definition) is 0. The van der Waals surface area contributed by atoms with Crippen molar-refractivity contribution in [2.75, 3.05) is 11.4 Å². The van der Waals surface area contributed by atoms with Gasteiger partial charge in [-0.3, -0.25) is 9.69 Å². The van der Waals surface area contributed by atoms with Crippen molar-refractivity contribution in [1.82, 2.24) is 24.6 Å². The van der Waals surface area contributed by atoms with Crippen LogP contribution < -0.4 is 4.90 Å². The Morgan fingerprint density at radius 3 is 2.65 bits per heavy atom. The van der Waals surface area contributed by atoms with Crippen molar-refractivity contribution in [3.05, 3.63) is 46.0 Å². The number of amides is 1. The molecule has 0 spiro atoms. The van der Waals surface area contributed by atoms with E-state index in [2.05, 4.69) is 26.6 Å². The van der Waals surface area contributed by atoms with Crippen LogP contribution in [0.25, 0.3) is 5.78 Å². The summed E-state index contributed by atoms with van der Waals surface area (Å²) in [4.78, 5) is 28.3. The molecule has 4 rings (SSSR count). The van der Waals surface area contributed by atoms with Gasteiger partial charge in [-0.15, -0.1) is 23.0 Å². The maximum Gasteiger partial charge on any atom is 0.453 e. The molecule has 0 aliphatic heterocycles. The highest BCUT2D eigenvalue weighted by Crippen LogP contribution is 2.32. The number of carbonyl (C=O) groups is 1. The van der Waals surface area contributed by atoms with E-state index in [1.54, 1.807) is 24.8 Å². The number of thiazole rings is 1. The molecule has 0 unspecified atom stereocenters. The van der Waals surface area contributed by atoms with Gasteiger partial charge in [0.1, 0.15) is 0 Å². The summed E-state index contributed by atoms with van der Waals surface area (Å²) < 4.78 is 40.0. The molecule has 3 aromatic rings. The maximum atomic E-state index is 13.2. The van der Waals surface area contributed by atoms with E-state index < -0.39 is 12.0 Å². The van der Waals surface area contributed by atoms with Crippen LogP contribution >= 0.6 is 11.3 Å². The lowest BCUT2D eigenvalue weighted by atomic mass is 10.0. The molecule has 0 saturated carbocycles. The molecule has 7 nitrogen and oxygen atoms in total. The molecule has 1 aliphatic rings. The second-order valence-corrected chi connectivity index (χ2v) is 8.51. The SMILES string of the molecule is C=CCN(C(=O)Cc1c(C)nc2nc(C(F)(F)F)nn2c1C)c1nc2c(s1)CCCC2. The van der Waals surface area contributed by atoms with Crippen LogP contribution in [0, 0.1) is 13.8 Å². The van der Waals surface area contributed by atoms with Crippen molar-refractivity contribution < 1.29 is 18.0 Å². The zero-order chi connectivity index (χ0) is 22.3. The summed E-state index contributed by atoms with van der Waals surface area (Å²) in [5, 5.41) is 4.17. The average Bonchev–Trinajstić information content (AvgIpc) is 3.33. The molecular weight excluding hydrogens is 429 g/mol. The third-order valence-corrected chi connectivity index (χ3v) is 6.49. The molecule has 1 aliphatic carbocycles. The van der Waals surface area contributed by atoms with E-state index in [0.717, 1.165) is 35.9 Å². The molecule has 0 aromatic carbocycles. The van der Waals surface area contributed by atoms with Gasteiger partial charge in [0.05, 0.1) is 12.1 Å². The third-order valence-electron chi connectivity index (χ3n) is 5.31. The van der Waals surface area contributed by atoms with Gasteiger partial charge in [0.15, 0.2) is 5.13 Å². The van der Waals surface area contributed by atoms with Gasteiger partial charge in [-0.1, -0.05) is 6.08 Å². The number of anilines is 1. The number of alkyl halides is 3. The first kappa shape index (κ1) is 21.4. The van der Waals surface area contributed by atoms with E-state index in [1.165, 1.54) is 16.2 Å². The van der Waals surface area contributed by atoms with Gasteiger partial charge in [-0.05, 0) is 39.5 Å². The normalized spacial score (nSPS) is 14.0. The van der Waals surface area contributed by atoms with Crippen LogP contribution in [0.4, 0.5) is 18.3 Å². The topological polar surface area (TPSA) is 76.3 Å². The van der Waals surface area contributed by atoms with Crippen LogP contribution in [0.5, 0.6) is 0 Å². The number of aryl methyl sites for hydroxylation is 4. The predicted octanol–water partition coefficient (Wildman–Crippen LogP) is 3.86. The second kappa shape index (κ2) is 8.03. The zero-order valence-electron chi connectivity index (χ0n) is 17.2. The molecule has 31 heavy (non-hydrogen) atoms. The lowest BCUT2D eigenvalue weighted by Gasteiger charge is -2.19. The smallest absolute Gasteiger partial charge is 0.284 e. The van der Waals surface area contributed by atoms with Crippen molar-refractivity contribution in [2.45, 2.75) is 52.1 Å². The van der Waals surface area contributed by atoms with Gasteiger partial charge < -0.3 is 0 Å². The van der Waals surface area contributed by atoms with Gasteiger partial charge in [0.25, 0.3) is 11.6 Å². The van der Waals surface area contributed by atoms with Crippen molar-refractivity contribution in [3.63, 3.8) is 0 Å². The Balaban J connectivity index is 1.67. The molecule has 3 aromatic heterocycles. The minimum absolute atomic E-state index is 0.0418. The van der Waals surface area contributed by atoms with Crippen LogP contribution in [0.3, 0.4) is 0 Å². The van der Waals surface area contributed by atoms with Gasteiger partial charge >= 0.3 is 6.18 Å². The summed E-state index contributed by atoms with van der Waals surface area (Å²) in [7, 11) is 0. The molecule has 3 heterocycles. The summed E-state index contributed by atoms with van der Waals surface area (Å²) in [5.74, 6) is -1.63. The van der Waals surface area contributed by atoms with Gasteiger partial charge in [-0.25, -0.2) is 14.5 Å². The third kappa shape index (κ3) is 4.06. The molecule has 0 atom stereocenters. The number of carbonyl (C=O) groups excluding carboxylic acids is 1. The molecular formula is C20H21F3N6OS. The summed E-state index contributed by atoms with van der Waals surface area (Å²) in [5.41, 5.74) is 2.41. The van der Waals surface area contributed by atoms with Crippen LogP contribution in [0.2, 0.25) is 0 Å². The minimum atomic E-state index is -4.67. The molecule has 0 bridgehead atoms. The molecule has 164 valence electrons. The van der Waals surface area contributed by atoms with Gasteiger partial charge in [0.2, 0.25) is 5.91 Å². The van der Waals surface area contributed by atoms with Crippen LogP contribution in [-0.4, -0.2) is 37.0 Å². The highest BCUT2D eigenvalue weighted by molar-refractivity contribution is 7.16. The van der Waals surface area contributed by atoms with Crippen LogP contribution in [0.1, 0.15) is 46.2 Å². The Morgan fingerprint density at radius 1 is 1.23 bits per heavy atom. The summed E-state index contributed by atoms with van der Waals surface area (Å²) in [6.07, 6.45) is 1.00. The van der Waals surface area contributed by atoms with E-state index in [0.29, 0.717) is 28.6 Å². The lowest BCUT2D eigenvalue weighted by Crippen LogP contribution is -2.33. The average molecular weight is 450 g/mol. The summed E-state index contributed by atoms with van der Waals surface area (Å²) >= 11 is 1.52. The van der Waals surface area contributed by atoms with Crippen LogP contribution in [0.15, 0.2) is 12.7 Å². The number of hydrogen-bond acceptors (Lipinski definition) is 6. The Bertz CT molecular complexity index is 1140. The Morgan fingerprint density at radius 2 is 1.97 bits per heavy atom. The first-order valence-electron chi connectivity index (χ1n) is 9.89. The van der Waals surface area contributed by atoms with Crippen LogP contribution in [-0.2, 0) is 30.2 Å². The van der Waals surface area contributed by atoms with Crippen molar-refractivity contribution in [1.29, 1.82) is 0 Å². The van der Waals surface area contributed by atoms with Crippen molar-refractivity contribution >= 4 is 28.2 Å². The Kier molecular flexibility index (Phi) is 5.54. The lowest BCUT2D eigenvalue weighted by molar-refractivity contribution is -0.144. The molecule has 0 radical (unpaired) electrons. The van der Waals surface area contributed by atoms with E-state index in [4.69, 9.17) is 0 Å². The number of aromatic nitrogens is 5. The summed E-state index contributed by atoms with van der Waals surface area (Å²) in [6.45, 7) is 7.29. The number of nitrogens with zero attached hydrogens (tertiary/aromatic N) is 6. The second-order valence-electron chi connectivity index (χ2n) is 7.45. The maximum absolute atomic E-state index is 13.2. The van der Waals surface area contributed by atoms with Crippen molar-refractivity contribution in [2.24, 2.45) is 0 Å². The van der Waals surface area contributed by atoms with Gasteiger partial charge in [-0.2, -0.15) is 18.2 Å². The molecule has 11 heteroatoms. The Labute approximate surface area is 180 Å². The van der Waals surface area contributed by atoms with E-state index in [9.17, 15) is 18.0 Å². The highest BCUT2D eigenvalue weighted by Gasteiger charge is 2.37. The first-order valence-corrected chi connectivity index (χ1v) is 10.7. The molecule has 1 amide bonds. The summed E-state index contributed by atoms with van der Waals surface area (Å²) in [6, 6.07) is 0. The Hall–Kier alpha value is -2.82.